The number of nitrogens with one attached hydrogen (secondary N) is 2. The summed E-state index contributed by atoms with van der Waals surface area (Å²) in [6, 6.07) is 8.97. The molecule has 7 nitrogen and oxygen atoms in total. The van der Waals surface area contributed by atoms with Gasteiger partial charge in [-0.3, -0.25) is 9.59 Å². The number of phenolic OH excluding ortho intramolecular Hbond substituents is 1. The number of hydrogen-bond donors (Lipinski definition) is 3. The first-order valence-electron chi connectivity index (χ1n) is 8.69. The van der Waals surface area contributed by atoms with E-state index in [0.29, 0.717) is 15.1 Å². The second kappa shape index (κ2) is 10.3. The number of halogens is 2. The number of rotatable bonds is 7. The molecule has 0 radical (unpaired) electrons. The number of carbonyl (C=O) groups is 2. The average Bonchev–Trinajstić information content (AvgIpc) is 2.68. The van der Waals surface area contributed by atoms with Gasteiger partial charge in [-0.05, 0) is 30.2 Å². The maximum Gasteiger partial charge on any atom is 0.262 e. The van der Waals surface area contributed by atoms with Crippen LogP contribution in [-0.2, 0) is 4.79 Å². The molecule has 1 unspecified atom stereocenters. The van der Waals surface area contributed by atoms with Crippen molar-refractivity contribution >= 4 is 45.6 Å². The monoisotopic (exact) mass is 481 g/mol. The Labute approximate surface area is 182 Å². The summed E-state index contributed by atoms with van der Waals surface area (Å²) in [7, 11) is 1.43. The predicted octanol–water partition coefficient (Wildman–Crippen LogP) is 3.72. The van der Waals surface area contributed by atoms with Crippen molar-refractivity contribution in [3.63, 3.8) is 0 Å². The second-order valence-corrected chi connectivity index (χ2v) is 7.78. The van der Waals surface area contributed by atoms with Gasteiger partial charge in [0.2, 0.25) is 0 Å². The maximum atomic E-state index is 12.5. The molecule has 154 valence electrons. The van der Waals surface area contributed by atoms with Crippen LogP contribution in [0.4, 0.5) is 0 Å². The third kappa shape index (κ3) is 5.95. The number of methoxy groups -OCH3 is 1. The van der Waals surface area contributed by atoms with E-state index in [4.69, 9.17) is 16.3 Å². The third-order valence-electron chi connectivity index (χ3n) is 4.02. The largest absolute Gasteiger partial charge is 0.504 e. The van der Waals surface area contributed by atoms with E-state index in [0.717, 1.165) is 0 Å². The lowest BCUT2D eigenvalue weighted by Crippen LogP contribution is -2.48. The van der Waals surface area contributed by atoms with Crippen molar-refractivity contribution in [3.8, 4) is 11.5 Å². The number of benzene rings is 2. The molecule has 9 heteroatoms. The molecule has 29 heavy (non-hydrogen) atoms. The van der Waals surface area contributed by atoms with Gasteiger partial charge >= 0.3 is 0 Å². The van der Waals surface area contributed by atoms with Crippen LogP contribution in [-0.4, -0.2) is 36.3 Å². The summed E-state index contributed by atoms with van der Waals surface area (Å²) in [4.78, 5) is 25.0. The lowest BCUT2D eigenvalue weighted by Gasteiger charge is -2.20. The molecule has 2 rings (SSSR count). The normalized spacial score (nSPS) is 12.1. The number of aromatic hydroxyl groups is 1. The molecule has 2 aromatic carbocycles. The van der Waals surface area contributed by atoms with Crippen molar-refractivity contribution in [1.29, 1.82) is 0 Å². The van der Waals surface area contributed by atoms with Crippen LogP contribution in [0, 0.1) is 5.92 Å². The number of ether oxygens (including phenoxy) is 1. The summed E-state index contributed by atoms with van der Waals surface area (Å²) in [5.74, 6) is -1.00. The van der Waals surface area contributed by atoms with Gasteiger partial charge in [0, 0.05) is 10.0 Å². The van der Waals surface area contributed by atoms with E-state index < -0.39 is 17.9 Å². The Hall–Kier alpha value is -2.58. The van der Waals surface area contributed by atoms with Gasteiger partial charge in [-0.15, -0.1) is 0 Å². The highest BCUT2D eigenvalue weighted by atomic mass is 79.9. The molecule has 0 saturated heterocycles. The third-order valence-corrected chi connectivity index (χ3v) is 4.81. The van der Waals surface area contributed by atoms with E-state index in [2.05, 4.69) is 31.8 Å². The van der Waals surface area contributed by atoms with Gasteiger partial charge in [0.1, 0.15) is 6.04 Å². The SMILES string of the molecule is COc1cc(Br)cc(C=NNC(=O)C(NC(=O)c2ccccc2Cl)C(C)C)c1O. The van der Waals surface area contributed by atoms with Gasteiger partial charge < -0.3 is 15.2 Å². The lowest BCUT2D eigenvalue weighted by atomic mass is 10.0. The van der Waals surface area contributed by atoms with Crippen molar-refractivity contribution in [2.24, 2.45) is 11.0 Å². The zero-order chi connectivity index (χ0) is 21.6. The highest BCUT2D eigenvalue weighted by Gasteiger charge is 2.25. The number of phenols is 1. The van der Waals surface area contributed by atoms with Crippen molar-refractivity contribution in [1.82, 2.24) is 10.7 Å². The molecule has 0 aromatic heterocycles. The molecule has 0 aliphatic carbocycles. The fourth-order valence-corrected chi connectivity index (χ4v) is 3.16. The number of hydrogen-bond acceptors (Lipinski definition) is 5. The molecule has 3 N–H and O–H groups in total. The van der Waals surface area contributed by atoms with Crippen molar-refractivity contribution in [2.75, 3.05) is 7.11 Å². The van der Waals surface area contributed by atoms with Crippen LogP contribution < -0.4 is 15.5 Å². The summed E-state index contributed by atoms with van der Waals surface area (Å²) in [5, 5.41) is 17.0. The first-order chi connectivity index (χ1) is 13.7. The van der Waals surface area contributed by atoms with Gasteiger partial charge in [0.25, 0.3) is 11.8 Å². The molecule has 0 fully saturated rings. The van der Waals surface area contributed by atoms with Gasteiger partial charge in [0.05, 0.1) is 23.9 Å². The van der Waals surface area contributed by atoms with E-state index in [9.17, 15) is 14.7 Å². The molecular formula is C20H21BrClN3O4. The Bertz CT molecular complexity index is 934. The molecule has 0 aliphatic heterocycles. The molecule has 1 atom stereocenters. The molecule has 0 spiro atoms. The first-order valence-corrected chi connectivity index (χ1v) is 9.86. The summed E-state index contributed by atoms with van der Waals surface area (Å²) < 4.78 is 5.74. The van der Waals surface area contributed by atoms with E-state index in [1.54, 1.807) is 50.2 Å². The van der Waals surface area contributed by atoms with Crippen molar-refractivity contribution < 1.29 is 19.4 Å². The summed E-state index contributed by atoms with van der Waals surface area (Å²) in [6.45, 7) is 3.59. The minimum Gasteiger partial charge on any atom is -0.504 e. The maximum absolute atomic E-state index is 12.5. The van der Waals surface area contributed by atoms with Crippen LogP contribution in [0.1, 0.15) is 29.8 Å². The number of amides is 2. The zero-order valence-electron chi connectivity index (χ0n) is 16.1. The van der Waals surface area contributed by atoms with Crippen LogP contribution in [0.5, 0.6) is 11.5 Å². The topological polar surface area (TPSA) is 100 Å². The van der Waals surface area contributed by atoms with Gasteiger partial charge in [0.15, 0.2) is 11.5 Å². The van der Waals surface area contributed by atoms with E-state index in [1.165, 1.54) is 13.3 Å². The lowest BCUT2D eigenvalue weighted by molar-refractivity contribution is -0.123. The first kappa shape index (κ1) is 22.7. The fraction of sp³-hybridized carbons (Fsp3) is 0.250. The van der Waals surface area contributed by atoms with E-state index in [1.807, 2.05) is 0 Å². The Morgan fingerprint density at radius 2 is 1.97 bits per heavy atom. The summed E-state index contributed by atoms with van der Waals surface area (Å²) in [6.07, 6.45) is 1.29. The van der Waals surface area contributed by atoms with Crippen LogP contribution in [0.25, 0.3) is 0 Å². The van der Waals surface area contributed by atoms with E-state index >= 15 is 0 Å². The van der Waals surface area contributed by atoms with Crippen LogP contribution in [0.15, 0.2) is 46.0 Å². The Balaban J connectivity index is 2.11. The van der Waals surface area contributed by atoms with Crippen LogP contribution >= 0.6 is 27.5 Å². The molecule has 0 aliphatic rings. The van der Waals surface area contributed by atoms with Crippen molar-refractivity contribution in [2.45, 2.75) is 19.9 Å². The quantitative estimate of drug-likeness (QED) is 0.414. The molecule has 0 heterocycles. The van der Waals surface area contributed by atoms with E-state index in [-0.39, 0.29) is 23.0 Å². The number of nitrogens with zero attached hydrogens (tertiary/aromatic N) is 1. The Morgan fingerprint density at radius 3 is 2.59 bits per heavy atom. The zero-order valence-corrected chi connectivity index (χ0v) is 18.4. The highest BCUT2D eigenvalue weighted by molar-refractivity contribution is 9.10. The Morgan fingerprint density at radius 1 is 1.28 bits per heavy atom. The minimum atomic E-state index is -0.832. The summed E-state index contributed by atoms with van der Waals surface area (Å²) in [5.41, 5.74) is 3.01. The number of hydrazone groups is 1. The predicted molar refractivity (Wildman–Crippen MR) is 116 cm³/mol. The van der Waals surface area contributed by atoms with Crippen molar-refractivity contribution in [3.05, 3.63) is 57.0 Å². The van der Waals surface area contributed by atoms with Gasteiger partial charge in [-0.2, -0.15) is 5.10 Å². The molecule has 0 saturated carbocycles. The molecule has 0 bridgehead atoms. The molecule has 2 amide bonds. The van der Waals surface area contributed by atoms with Gasteiger partial charge in [-0.25, -0.2) is 5.43 Å². The minimum absolute atomic E-state index is 0.110. The van der Waals surface area contributed by atoms with Crippen LogP contribution in [0.2, 0.25) is 5.02 Å². The Kier molecular flexibility index (Phi) is 8.04. The average molecular weight is 483 g/mol. The van der Waals surface area contributed by atoms with Gasteiger partial charge in [-0.1, -0.05) is 53.5 Å². The number of carbonyl (C=O) groups excluding carboxylic acids is 2. The van der Waals surface area contributed by atoms with Crippen LogP contribution in [0.3, 0.4) is 0 Å². The molecular weight excluding hydrogens is 462 g/mol. The highest BCUT2D eigenvalue weighted by Crippen LogP contribution is 2.32. The summed E-state index contributed by atoms with van der Waals surface area (Å²) >= 11 is 9.35. The smallest absolute Gasteiger partial charge is 0.262 e. The fourth-order valence-electron chi connectivity index (χ4n) is 2.48. The second-order valence-electron chi connectivity index (χ2n) is 6.46. The standard InChI is InChI=1S/C20H21BrClN3O4/c1-11(2)17(24-19(27)14-6-4-5-7-15(14)22)20(28)25-23-10-12-8-13(21)9-16(29-3)18(12)26/h4-11,17,26H,1-3H3,(H,24,27)(H,25,28). The molecule has 2 aromatic rings.